The predicted molar refractivity (Wildman–Crippen MR) is 79.8 cm³/mol. The third-order valence-electron chi connectivity index (χ3n) is 3.44. The quantitative estimate of drug-likeness (QED) is 0.841. The Morgan fingerprint density at radius 3 is 2.67 bits per heavy atom. The summed E-state index contributed by atoms with van der Waals surface area (Å²) < 4.78 is 5.15. The van der Waals surface area contributed by atoms with Gasteiger partial charge < -0.3 is 15.8 Å². The fourth-order valence-electron chi connectivity index (χ4n) is 2.26. The number of rotatable bonds is 5. The van der Waals surface area contributed by atoms with E-state index in [1.165, 1.54) is 0 Å². The van der Waals surface area contributed by atoms with Gasteiger partial charge in [-0.3, -0.25) is 9.69 Å². The molecule has 112 valence electrons. The lowest BCUT2D eigenvalue weighted by atomic mass is 10.1. The summed E-state index contributed by atoms with van der Waals surface area (Å²) in [5.74, 6) is 0.579. The molecule has 6 heteroatoms. The van der Waals surface area contributed by atoms with Crippen LogP contribution in [0.25, 0.3) is 0 Å². The SMILES string of the molecule is N#CCOc1ccc(NC(=O)CN2CCC(N)CC2)cc1. The van der Waals surface area contributed by atoms with Crippen molar-refractivity contribution in [2.45, 2.75) is 18.9 Å². The van der Waals surface area contributed by atoms with Crippen LogP contribution >= 0.6 is 0 Å². The number of hydrogen-bond donors (Lipinski definition) is 2. The van der Waals surface area contributed by atoms with Crippen molar-refractivity contribution in [2.24, 2.45) is 5.73 Å². The van der Waals surface area contributed by atoms with Gasteiger partial charge in [-0.05, 0) is 37.1 Å². The predicted octanol–water partition coefficient (Wildman–Crippen LogP) is 0.951. The minimum absolute atomic E-state index is 0.0167. The number of benzene rings is 1. The molecule has 6 nitrogen and oxygen atoms in total. The summed E-state index contributed by atoms with van der Waals surface area (Å²) in [4.78, 5) is 14.1. The second-order valence-electron chi connectivity index (χ2n) is 5.13. The Morgan fingerprint density at radius 1 is 1.38 bits per heavy atom. The number of nitrogens with two attached hydrogens (primary N) is 1. The van der Waals surface area contributed by atoms with E-state index < -0.39 is 0 Å². The van der Waals surface area contributed by atoms with E-state index in [0.29, 0.717) is 12.3 Å². The average Bonchev–Trinajstić information content (AvgIpc) is 2.49. The minimum Gasteiger partial charge on any atom is -0.479 e. The molecule has 0 radical (unpaired) electrons. The van der Waals surface area contributed by atoms with Gasteiger partial charge in [-0.25, -0.2) is 0 Å². The summed E-state index contributed by atoms with van der Waals surface area (Å²) in [6.45, 7) is 2.15. The Kier molecular flexibility index (Phi) is 5.55. The van der Waals surface area contributed by atoms with Gasteiger partial charge in [0, 0.05) is 24.8 Å². The van der Waals surface area contributed by atoms with Crippen molar-refractivity contribution in [3.8, 4) is 11.8 Å². The van der Waals surface area contributed by atoms with Crippen LogP contribution in [0.1, 0.15) is 12.8 Å². The second kappa shape index (κ2) is 7.62. The van der Waals surface area contributed by atoms with E-state index in [1.807, 2.05) is 6.07 Å². The van der Waals surface area contributed by atoms with Crippen molar-refractivity contribution in [3.05, 3.63) is 24.3 Å². The van der Waals surface area contributed by atoms with Crippen molar-refractivity contribution in [2.75, 3.05) is 31.6 Å². The highest BCUT2D eigenvalue weighted by Gasteiger charge is 2.18. The molecule has 1 aromatic rings. The molecule has 0 unspecified atom stereocenters. The lowest BCUT2D eigenvalue weighted by Gasteiger charge is -2.29. The molecule has 1 aliphatic rings. The maximum absolute atomic E-state index is 12.0. The monoisotopic (exact) mass is 288 g/mol. The number of likely N-dealkylation sites (tertiary alicyclic amines) is 1. The number of nitrogens with one attached hydrogen (secondary N) is 1. The van der Waals surface area contributed by atoms with Crippen LogP contribution in [0.5, 0.6) is 5.75 Å². The minimum atomic E-state index is -0.0313. The molecule has 0 aromatic heterocycles. The van der Waals surface area contributed by atoms with Gasteiger partial charge in [0.05, 0.1) is 6.54 Å². The van der Waals surface area contributed by atoms with E-state index in [-0.39, 0.29) is 18.6 Å². The van der Waals surface area contributed by atoms with Crippen molar-refractivity contribution in [3.63, 3.8) is 0 Å². The van der Waals surface area contributed by atoms with Gasteiger partial charge in [-0.1, -0.05) is 0 Å². The zero-order valence-electron chi connectivity index (χ0n) is 11.9. The summed E-state index contributed by atoms with van der Waals surface area (Å²) >= 11 is 0. The molecule has 0 atom stereocenters. The van der Waals surface area contributed by atoms with Gasteiger partial charge in [0.2, 0.25) is 5.91 Å². The molecule has 21 heavy (non-hydrogen) atoms. The topological polar surface area (TPSA) is 91.4 Å². The van der Waals surface area contributed by atoms with Gasteiger partial charge >= 0.3 is 0 Å². The van der Waals surface area contributed by atoms with Gasteiger partial charge in [0.25, 0.3) is 0 Å². The second-order valence-corrected chi connectivity index (χ2v) is 5.13. The highest BCUT2D eigenvalue weighted by molar-refractivity contribution is 5.92. The van der Waals surface area contributed by atoms with E-state index >= 15 is 0 Å². The third kappa shape index (κ3) is 5.06. The Labute approximate surface area is 124 Å². The molecular weight excluding hydrogens is 268 g/mol. The summed E-state index contributed by atoms with van der Waals surface area (Å²) in [5, 5.41) is 11.3. The van der Waals surface area contributed by atoms with Crippen LogP contribution in [-0.2, 0) is 4.79 Å². The lowest BCUT2D eigenvalue weighted by Crippen LogP contribution is -2.43. The van der Waals surface area contributed by atoms with Crippen molar-refractivity contribution in [1.29, 1.82) is 5.26 Å². The summed E-state index contributed by atoms with van der Waals surface area (Å²) in [5.41, 5.74) is 6.56. The zero-order chi connectivity index (χ0) is 15.1. The Bertz CT molecular complexity index is 501. The fraction of sp³-hybridized carbons (Fsp3) is 0.467. The molecule has 0 bridgehead atoms. The molecule has 0 saturated carbocycles. The van der Waals surface area contributed by atoms with E-state index in [9.17, 15) is 4.79 Å². The highest BCUT2D eigenvalue weighted by atomic mass is 16.5. The number of nitriles is 1. The first-order chi connectivity index (χ1) is 10.2. The Hall–Kier alpha value is -2.10. The highest BCUT2D eigenvalue weighted by Crippen LogP contribution is 2.16. The van der Waals surface area contributed by atoms with Gasteiger partial charge in [0.1, 0.15) is 11.8 Å². The number of amides is 1. The van der Waals surface area contributed by atoms with Crippen LogP contribution in [0.4, 0.5) is 5.69 Å². The van der Waals surface area contributed by atoms with Crippen LogP contribution < -0.4 is 15.8 Å². The smallest absolute Gasteiger partial charge is 0.238 e. The summed E-state index contributed by atoms with van der Waals surface area (Å²) in [6.07, 6.45) is 1.89. The maximum atomic E-state index is 12.0. The van der Waals surface area contributed by atoms with Crippen molar-refractivity contribution >= 4 is 11.6 Å². The molecule has 1 aliphatic heterocycles. The van der Waals surface area contributed by atoms with Crippen LogP contribution in [0.15, 0.2) is 24.3 Å². The molecular formula is C15H20N4O2. The first-order valence-electron chi connectivity index (χ1n) is 7.05. The van der Waals surface area contributed by atoms with Crippen molar-refractivity contribution in [1.82, 2.24) is 4.90 Å². The normalized spacial score (nSPS) is 16.2. The average molecular weight is 288 g/mol. The maximum Gasteiger partial charge on any atom is 0.238 e. The van der Waals surface area contributed by atoms with E-state index in [0.717, 1.165) is 31.6 Å². The molecule has 1 fully saturated rings. The van der Waals surface area contributed by atoms with Crippen LogP contribution in [0.3, 0.4) is 0 Å². The number of piperidine rings is 1. The molecule has 0 spiro atoms. The van der Waals surface area contributed by atoms with E-state index in [2.05, 4.69) is 10.2 Å². The number of anilines is 1. The van der Waals surface area contributed by atoms with Crippen molar-refractivity contribution < 1.29 is 9.53 Å². The fourth-order valence-corrected chi connectivity index (χ4v) is 2.26. The Morgan fingerprint density at radius 2 is 2.05 bits per heavy atom. The number of carbonyl (C=O) groups is 1. The number of carbonyl (C=O) groups excluding carboxylic acids is 1. The molecule has 3 N–H and O–H groups in total. The number of hydrogen-bond acceptors (Lipinski definition) is 5. The first-order valence-corrected chi connectivity index (χ1v) is 7.05. The summed E-state index contributed by atoms with van der Waals surface area (Å²) in [7, 11) is 0. The molecule has 1 aromatic carbocycles. The van der Waals surface area contributed by atoms with Crippen LogP contribution in [0.2, 0.25) is 0 Å². The molecule has 1 saturated heterocycles. The first kappa shape index (κ1) is 15.3. The largest absolute Gasteiger partial charge is 0.479 e. The number of nitrogens with zero attached hydrogens (tertiary/aromatic N) is 2. The van der Waals surface area contributed by atoms with Gasteiger partial charge in [-0.2, -0.15) is 5.26 Å². The van der Waals surface area contributed by atoms with E-state index in [4.69, 9.17) is 15.7 Å². The summed E-state index contributed by atoms with van der Waals surface area (Å²) in [6, 6.07) is 9.15. The van der Waals surface area contributed by atoms with Crippen LogP contribution in [-0.4, -0.2) is 43.1 Å². The lowest BCUT2D eigenvalue weighted by molar-refractivity contribution is -0.117. The van der Waals surface area contributed by atoms with Gasteiger partial charge in [0.15, 0.2) is 6.61 Å². The molecule has 2 rings (SSSR count). The van der Waals surface area contributed by atoms with Gasteiger partial charge in [-0.15, -0.1) is 0 Å². The molecule has 1 heterocycles. The number of ether oxygens (including phenoxy) is 1. The Balaban J connectivity index is 1.78. The molecule has 0 aliphatic carbocycles. The van der Waals surface area contributed by atoms with Crippen LogP contribution in [0, 0.1) is 11.3 Å². The zero-order valence-corrected chi connectivity index (χ0v) is 11.9. The molecule has 1 amide bonds. The van der Waals surface area contributed by atoms with E-state index in [1.54, 1.807) is 24.3 Å². The third-order valence-corrected chi connectivity index (χ3v) is 3.44. The standard InChI is InChI=1S/C15H20N4O2/c16-7-10-21-14-3-1-13(2-4-14)18-15(20)11-19-8-5-12(17)6-9-19/h1-4,12H,5-6,8-11,17H2,(H,18,20).